The van der Waals surface area contributed by atoms with E-state index in [2.05, 4.69) is 5.32 Å². The maximum absolute atomic E-state index is 12.1. The normalized spacial score (nSPS) is 11.6. The summed E-state index contributed by atoms with van der Waals surface area (Å²) in [4.78, 5) is 12.1. The van der Waals surface area contributed by atoms with Gasteiger partial charge in [-0.2, -0.15) is 0 Å². The van der Waals surface area contributed by atoms with Gasteiger partial charge in [-0.1, -0.05) is 6.92 Å². The number of amides is 1. The second-order valence-electron chi connectivity index (χ2n) is 4.35. The molecular formula is C12H21N3O3. The number of carbonyl (C=O) groups excluding carboxylic acids is 1. The Balaban J connectivity index is 2.93. The Bertz CT molecular complexity index is 402. The number of nitrogens with one attached hydrogen (secondary N) is 1. The minimum absolute atomic E-state index is 0.311. The number of aliphatic hydroxyl groups excluding tert-OH is 2. The molecule has 0 aliphatic carbocycles. The molecule has 0 bridgehead atoms. The molecule has 0 unspecified atom stereocenters. The third-order valence-corrected chi connectivity index (χ3v) is 3.15. The summed E-state index contributed by atoms with van der Waals surface area (Å²) < 4.78 is 1.72. The van der Waals surface area contributed by atoms with Crippen molar-refractivity contribution >= 4 is 11.6 Å². The molecule has 1 aromatic rings. The van der Waals surface area contributed by atoms with E-state index in [1.54, 1.807) is 23.8 Å². The molecule has 1 rings (SSSR count). The summed E-state index contributed by atoms with van der Waals surface area (Å²) in [5.74, 6) is -0.349. The zero-order valence-corrected chi connectivity index (χ0v) is 10.8. The Hall–Kier alpha value is -1.53. The number of aryl methyl sites for hydroxylation is 1. The van der Waals surface area contributed by atoms with Crippen LogP contribution in [0.2, 0.25) is 0 Å². The fraction of sp³-hybridized carbons (Fsp3) is 0.583. The molecule has 0 radical (unpaired) electrons. The topological polar surface area (TPSA) is 101 Å². The Kier molecular flexibility index (Phi) is 4.75. The lowest BCUT2D eigenvalue weighted by Gasteiger charge is -2.29. The number of hydrogen-bond acceptors (Lipinski definition) is 4. The van der Waals surface area contributed by atoms with E-state index in [1.165, 1.54) is 0 Å². The van der Waals surface area contributed by atoms with Gasteiger partial charge in [0, 0.05) is 12.7 Å². The van der Waals surface area contributed by atoms with Crippen LogP contribution in [0.1, 0.15) is 30.8 Å². The predicted molar refractivity (Wildman–Crippen MR) is 69.2 cm³/mol. The van der Waals surface area contributed by atoms with Gasteiger partial charge in [-0.15, -0.1) is 0 Å². The SMILES string of the molecule is CCn1cc(N)cc1C(=O)NC(CC)(CO)CO. The first kappa shape index (κ1) is 14.5. The number of aliphatic hydroxyl groups is 2. The number of hydrogen-bond donors (Lipinski definition) is 4. The van der Waals surface area contributed by atoms with Crippen LogP contribution in [0.4, 0.5) is 5.69 Å². The molecule has 0 spiro atoms. The average Bonchev–Trinajstić information content (AvgIpc) is 2.77. The van der Waals surface area contributed by atoms with E-state index >= 15 is 0 Å². The first-order valence-electron chi connectivity index (χ1n) is 6.01. The molecule has 0 saturated heterocycles. The number of carbonyl (C=O) groups is 1. The Labute approximate surface area is 106 Å². The van der Waals surface area contributed by atoms with Crippen molar-refractivity contribution < 1.29 is 15.0 Å². The van der Waals surface area contributed by atoms with Crippen molar-refractivity contribution in [1.29, 1.82) is 0 Å². The predicted octanol–water partition coefficient (Wildman–Crippen LogP) is -0.0466. The molecule has 1 heterocycles. The molecule has 0 aromatic carbocycles. The number of rotatable bonds is 6. The smallest absolute Gasteiger partial charge is 0.268 e. The summed E-state index contributed by atoms with van der Waals surface area (Å²) >= 11 is 0. The van der Waals surface area contributed by atoms with Crippen molar-refractivity contribution in [3.8, 4) is 0 Å². The van der Waals surface area contributed by atoms with Crippen LogP contribution in [0.15, 0.2) is 12.3 Å². The first-order valence-corrected chi connectivity index (χ1v) is 6.01. The van der Waals surface area contributed by atoms with Crippen LogP contribution in [-0.4, -0.2) is 39.4 Å². The highest BCUT2D eigenvalue weighted by Crippen LogP contribution is 2.14. The third kappa shape index (κ3) is 2.83. The number of anilines is 1. The molecule has 0 aliphatic rings. The van der Waals surface area contributed by atoms with Crippen LogP contribution < -0.4 is 11.1 Å². The van der Waals surface area contributed by atoms with Gasteiger partial charge in [-0.3, -0.25) is 4.79 Å². The maximum atomic E-state index is 12.1. The van der Waals surface area contributed by atoms with Gasteiger partial charge in [0.25, 0.3) is 5.91 Å². The third-order valence-electron chi connectivity index (χ3n) is 3.15. The minimum atomic E-state index is -0.991. The first-order chi connectivity index (χ1) is 8.51. The lowest BCUT2D eigenvalue weighted by atomic mass is 9.98. The molecule has 6 heteroatoms. The fourth-order valence-corrected chi connectivity index (χ4v) is 1.73. The van der Waals surface area contributed by atoms with Crippen molar-refractivity contribution in [2.45, 2.75) is 32.4 Å². The van der Waals surface area contributed by atoms with Crippen LogP contribution in [0.25, 0.3) is 0 Å². The van der Waals surface area contributed by atoms with Crippen molar-refractivity contribution in [1.82, 2.24) is 9.88 Å². The highest BCUT2D eigenvalue weighted by atomic mass is 16.3. The highest BCUT2D eigenvalue weighted by Gasteiger charge is 2.29. The Morgan fingerprint density at radius 3 is 2.50 bits per heavy atom. The maximum Gasteiger partial charge on any atom is 0.268 e. The van der Waals surface area contributed by atoms with E-state index in [-0.39, 0.29) is 19.1 Å². The quantitative estimate of drug-likeness (QED) is 0.572. The summed E-state index contributed by atoms with van der Waals surface area (Å²) in [5.41, 5.74) is 5.60. The summed E-state index contributed by atoms with van der Waals surface area (Å²) in [6.45, 7) is 3.70. The number of nitrogens with zero attached hydrogens (tertiary/aromatic N) is 1. The minimum Gasteiger partial charge on any atom is -0.397 e. The van der Waals surface area contributed by atoms with E-state index in [9.17, 15) is 15.0 Å². The monoisotopic (exact) mass is 255 g/mol. The lowest BCUT2D eigenvalue weighted by Crippen LogP contribution is -2.54. The van der Waals surface area contributed by atoms with Gasteiger partial charge < -0.3 is 25.8 Å². The van der Waals surface area contributed by atoms with Gasteiger partial charge >= 0.3 is 0 Å². The molecule has 18 heavy (non-hydrogen) atoms. The molecule has 1 amide bonds. The average molecular weight is 255 g/mol. The van der Waals surface area contributed by atoms with Gasteiger partial charge in [0.05, 0.1) is 24.4 Å². The number of aromatic nitrogens is 1. The van der Waals surface area contributed by atoms with Gasteiger partial charge in [-0.25, -0.2) is 0 Å². The van der Waals surface area contributed by atoms with Crippen molar-refractivity contribution in [3.05, 3.63) is 18.0 Å². The van der Waals surface area contributed by atoms with Gasteiger partial charge in [-0.05, 0) is 19.4 Å². The molecule has 1 aromatic heterocycles. The molecule has 0 atom stereocenters. The zero-order valence-electron chi connectivity index (χ0n) is 10.8. The Morgan fingerprint density at radius 1 is 1.44 bits per heavy atom. The second-order valence-corrected chi connectivity index (χ2v) is 4.35. The van der Waals surface area contributed by atoms with Gasteiger partial charge in [0.15, 0.2) is 0 Å². The zero-order chi connectivity index (χ0) is 13.8. The van der Waals surface area contributed by atoms with E-state index < -0.39 is 5.54 Å². The van der Waals surface area contributed by atoms with Crippen molar-refractivity contribution in [2.24, 2.45) is 0 Å². The van der Waals surface area contributed by atoms with E-state index in [0.717, 1.165) is 0 Å². The van der Waals surface area contributed by atoms with Gasteiger partial charge in [0.2, 0.25) is 0 Å². The summed E-state index contributed by atoms with van der Waals surface area (Å²) in [5, 5.41) is 21.3. The van der Waals surface area contributed by atoms with Crippen LogP contribution in [0.5, 0.6) is 0 Å². The number of nitrogen functional groups attached to an aromatic ring is 1. The van der Waals surface area contributed by atoms with Crippen LogP contribution in [0, 0.1) is 0 Å². The van der Waals surface area contributed by atoms with Gasteiger partial charge in [0.1, 0.15) is 5.69 Å². The number of nitrogens with two attached hydrogens (primary N) is 1. The highest BCUT2D eigenvalue weighted by molar-refractivity contribution is 5.94. The van der Waals surface area contributed by atoms with Crippen LogP contribution >= 0.6 is 0 Å². The van der Waals surface area contributed by atoms with E-state index in [1.807, 2.05) is 6.92 Å². The summed E-state index contributed by atoms with van der Waals surface area (Å²) in [6, 6.07) is 1.58. The lowest BCUT2D eigenvalue weighted by molar-refractivity contribution is 0.0646. The van der Waals surface area contributed by atoms with Crippen molar-refractivity contribution in [2.75, 3.05) is 18.9 Å². The van der Waals surface area contributed by atoms with Crippen LogP contribution in [0.3, 0.4) is 0 Å². The molecular weight excluding hydrogens is 234 g/mol. The molecule has 0 saturated carbocycles. The molecule has 5 N–H and O–H groups in total. The van der Waals surface area contributed by atoms with E-state index in [0.29, 0.717) is 24.3 Å². The Morgan fingerprint density at radius 2 is 2.06 bits per heavy atom. The van der Waals surface area contributed by atoms with Crippen LogP contribution in [-0.2, 0) is 6.54 Å². The molecule has 6 nitrogen and oxygen atoms in total. The second kappa shape index (κ2) is 5.88. The molecule has 0 aliphatic heterocycles. The molecule has 0 fully saturated rings. The fourth-order valence-electron chi connectivity index (χ4n) is 1.73. The largest absolute Gasteiger partial charge is 0.397 e. The van der Waals surface area contributed by atoms with Crippen molar-refractivity contribution in [3.63, 3.8) is 0 Å². The standard InChI is InChI=1S/C12H21N3O3/c1-3-12(7-16,8-17)14-11(18)10-5-9(13)6-15(10)4-2/h5-6,16-17H,3-4,7-8,13H2,1-2H3,(H,14,18). The summed E-state index contributed by atoms with van der Waals surface area (Å²) in [6.07, 6.45) is 2.12. The van der Waals surface area contributed by atoms with E-state index in [4.69, 9.17) is 5.73 Å². The summed E-state index contributed by atoms with van der Waals surface area (Å²) in [7, 11) is 0. The molecule has 102 valence electrons.